The summed E-state index contributed by atoms with van der Waals surface area (Å²) in [6.07, 6.45) is 4.62. The Kier molecular flexibility index (Phi) is 2.74. The molecule has 18 heavy (non-hydrogen) atoms. The van der Waals surface area contributed by atoms with Gasteiger partial charge in [0.15, 0.2) is 0 Å². The van der Waals surface area contributed by atoms with Gasteiger partial charge in [-0.3, -0.25) is 9.20 Å². The minimum absolute atomic E-state index is 0.0517. The molecule has 0 bridgehead atoms. The van der Waals surface area contributed by atoms with Gasteiger partial charge in [-0.2, -0.15) is 0 Å². The maximum absolute atomic E-state index is 12.2. The zero-order chi connectivity index (χ0) is 12.7. The van der Waals surface area contributed by atoms with Gasteiger partial charge in [-0.15, -0.1) is 0 Å². The third-order valence-corrected chi connectivity index (χ3v) is 3.34. The van der Waals surface area contributed by atoms with E-state index in [9.17, 15) is 4.79 Å². The van der Waals surface area contributed by atoms with Crippen molar-refractivity contribution in [3.8, 4) is 0 Å². The third kappa shape index (κ3) is 1.97. The van der Waals surface area contributed by atoms with Gasteiger partial charge in [0.05, 0.1) is 10.7 Å². The fourth-order valence-corrected chi connectivity index (χ4v) is 2.20. The fourth-order valence-electron chi connectivity index (χ4n) is 2.04. The van der Waals surface area contributed by atoms with Gasteiger partial charge in [0.1, 0.15) is 11.3 Å². The molecule has 4 nitrogen and oxygen atoms in total. The van der Waals surface area contributed by atoms with E-state index >= 15 is 0 Å². The van der Waals surface area contributed by atoms with Crippen LogP contribution in [0.5, 0.6) is 0 Å². The van der Waals surface area contributed by atoms with Crippen molar-refractivity contribution in [2.24, 2.45) is 0 Å². The number of imidazole rings is 1. The molecule has 1 N–H and O–H groups in total. The van der Waals surface area contributed by atoms with Crippen molar-refractivity contribution in [1.82, 2.24) is 14.7 Å². The topological polar surface area (TPSA) is 46.4 Å². The largest absolute Gasteiger partial charge is 0.348 e. The number of halogens is 1. The lowest BCUT2D eigenvalue weighted by Crippen LogP contribution is -2.27. The average molecular weight is 264 g/mol. The van der Waals surface area contributed by atoms with Crippen molar-refractivity contribution < 1.29 is 4.79 Å². The van der Waals surface area contributed by atoms with E-state index in [4.69, 9.17) is 11.6 Å². The van der Waals surface area contributed by atoms with Crippen LogP contribution in [0, 0.1) is 0 Å². The van der Waals surface area contributed by atoms with E-state index in [0.717, 1.165) is 30.6 Å². The number of amides is 1. The van der Waals surface area contributed by atoms with Crippen LogP contribution < -0.4 is 5.32 Å². The minimum Gasteiger partial charge on any atom is -0.348 e. The standard InChI is InChI=1S/C13H14ClN3O/c1-2-10-12(13(18)15-9-4-5-9)17-7-8(14)3-6-11(17)16-10/h3,6-7,9H,2,4-5H2,1H3,(H,15,18). The predicted molar refractivity (Wildman–Crippen MR) is 70.1 cm³/mol. The van der Waals surface area contributed by atoms with Gasteiger partial charge in [0, 0.05) is 12.2 Å². The molecule has 3 rings (SSSR count). The summed E-state index contributed by atoms with van der Waals surface area (Å²) in [6.45, 7) is 2.00. The van der Waals surface area contributed by atoms with Crippen LogP contribution in [-0.4, -0.2) is 21.3 Å². The molecule has 1 fully saturated rings. The highest BCUT2D eigenvalue weighted by atomic mass is 35.5. The second kappa shape index (κ2) is 4.28. The van der Waals surface area contributed by atoms with Crippen LogP contribution in [0.4, 0.5) is 0 Å². The smallest absolute Gasteiger partial charge is 0.270 e. The summed E-state index contributed by atoms with van der Waals surface area (Å²) in [5.74, 6) is -0.0517. The maximum atomic E-state index is 12.2. The van der Waals surface area contributed by atoms with E-state index in [1.54, 1.807) is 16.7 Å². The summed E-state index contributed by atoms with van der Waals surface area (Å²) in [4.78, 5) is 16.7. The second-order valence-electron chi connectivity index (χ2n) is 4.58. The van der Waals surface area contributed by atoms with Crippen molar-refractivity contribution in [2.75, 3.05) is 0 Å². The summed E-state index contributed by atoms with van der Waals surface area (Å²) in [5, 5.41) is 3.60. The number of pyridine rings is 1. The van der Waals surface area contributed by atoms with Crippen LogP contribution in [0.15, 0.2) is 18.3 Å². The molecule has 0 aromatic carbocycles. The molecule has 94 valence electrons. The summed E-state index contributed by atoms with van der Waals surface area (Å²) in [6, 6.07) is 3.95. The molecule has 0 radical (unpaired) electrons. The van der Waals surface area contributed by atoms with E-state index in [0.29, 0.717) is 16.8 Å². The van der Waals surface area contributed by atoms with Crippen molar-refractivity contribution in [3.05, 3.63) is 34.7 Å². The van der Waals surface area contributed by atoms with Gasteiger partial charge >= 0.3 is 0 Å². The number of carbonyl (C=O) groups excluding carboxylic acids is 1. The number of nitrogens with zero attached hydrogens (tertiary/aromatic N) is 2. The Morgan fingerprint density at radius 2 is 2.33 bits per heavy atom. The van der Waals surface area contributed by atoms with E-state index in [1.807, 2.05) is 13.0 Å². The van der Waals surface area contributed by atoms with E-state index < -0.39 is 0 Å². The molecule has 0 atom stereocenters. The molecule has 0 aliphatic heterocycles. The lowest BCUT2D eigenvalue weighted by molar-refractivity contribution is 0.0944. The Labute approximate surface area is 110 Å². The highest BCUT2D eigenvalue weighted by Gasteiger charge is 2.26. The first-order valence-corrected chi connectivity index (χ1v) is 6.54. The van der Waals surface area contributed by atoms with Crippen LogP contribution >= 0.6 is 11.6 Å². The van der Waals surface area contributed by atoms with Gasteiger partial charge in [0.2, 0.25) is 0 Å². The van der Waals surface area contributed by atoms with Crippen molar-refractivity contribution >= 4 is 23.2 Å². The van der Waals surface area contributed by atoms with E-state index in [1.165, 1.54) is 0 Å². The van der Waals surface area contributed by atoms with Crippen LogP contribution in [0.3, 0.4) is 0 Å². The fraction of sp³-hybridized carbons (Fsp3) is 0.385. The second-order valence-corrected chi connectivity index (χ2v) is 5.02. The third-order valence-electron chi connectivity index (χ3n) is 3.12. The number of carbonyl (C=O) groups is 1. The molecule has 1 saturated carbocycles. The average Bonchev–Trinajstić information content (AvgIpc) is 3.07. The van der Waals surface area contributed by atoms with E-state index in [2.05, 4.69) is 10.3 Å². The highest BCUT2D eigenvalue weighted by molar-refractivity contribution is 6.30. The number of hydrogen-bond acceptors (Lipinski definition) is 2. The number of fused-ring (bicyclic) bond motifs is 1. The Hall–Kier alpha value is -1.55. The molecule has 5 heteroatoms. The number of hydrogen-bond donors (Lipinski definition) is 1. The van der Waals surface area contributed by atoms with Crippen LogP contribution in [0.1, 0.15) is 35.9 Å². The Morgan fingerprint density at radius 3 is 3.00 bits per heavy atom. The van der Waals surface area contributed by atoms with Gasteiger partial charge in [-0.05, 0) is 31.4 Å². The van der Waals surface area contributed by atoms with E-state index in [-0.39, 0.29) is 5.91 Å². The minimum atomic E-state index is -0.0517. The maximum Gasteiger partial charge on any atom is 0.270 e. The molecular weight excluding hydrogens is 250 g/mol. The zero-order valence-electron chi connectivity index (χ0n) is 10.1. The Bertz CT molecular complexity index is 616. The highest BCUT2D eigenvalue weighted by Crippen LogP contribution is 2.21. The Morgan fingerprint density at radius 1 is 1.56 bits per heavy atom. The molecule has 1 amide bonds. The molecule has 1 aliphatic rings. The van der Waals surface area contributed by atoms with Crippen LogP contribution in [0.2, 0.25) is 5.02 Å². The van der Waals surface area contributed by atoms with Gasteiger partial charge in [0.25, 0.3) is 5.91 Å². The molecule has 2 heterocycles. The lowest BCUT2D eigenvalue weighted by atomic mass is 10.2. The number of aromatic nitrogens is 2. The lowest BCUT2D eigenvalue weighted by Gasteiger charge is -2.05. The SMILES string of the molecule is CCc1nc2ccc(Cl)cn2c1C(=O)NC1CC1. The normalized spacial score (nSPS) is 15.0. The van der Waals surface area contributed by atoms with Crippen LogP contribution in [-0.2, 0) is 6.42 Å². The number of rotatable bonds is 3. The molecule has 1 aliphatic carbocycles. The molecule has 2 aromatic rings. The van der Waals surface area contributed by atoms with Crippen molar-refractivity contribution in [2.45, 2.75) is 32.2 Å². The predicted octanol–water partition coefficient (Wildman–Crippen LogP) is 2.44. The van der Waals surface area contributed by atoms with Gasteiger partial charge in [-0.25, -0.2) is 4.98 Å². The first-order chi connectivity index (χ1) is 8.69. The zero-order valence-corrected chi connectivity index (χ0v) is 10.9. The van der Waals surface area contributed by atoms with Gasteiger partial charge < -0.3 is 5.32 Å². The summed E-state index contributed by atoms with van der Waals surface area (Å²) < 4.78 is 1.78. The summed E-state index contributed by atoms with van der Waals surface area (Å²) in [5.41, 5.74) is 2.19. The molecule has 0 spiro atoms. The van der Waals surface area contributed by atoms with Crippen LogP contribution in [0.25, 0.3) is 5.65 Å². The first-order valence-electron chi connectivity index (χ1n) is 6.16. The molecular formula is C13H14ClN3O. The quantitative estimate of drug-likeness (QED) is 0.925. The van der Waals surface area contributed by atoms with Crippen molar-refractivity contribution in [1.29, 1.82) is 0 Å². The first kappa shape index (κ1) is 11.5. The Balaban J connectivity index is 2.10. The monoisotopic (exact) mass is 263 g/mol. The molecule has 0 unspecified atom stereocenters. The summed E-state index contributed by atoms with van der Waals surface area (Å²) in [7, 11) is 0. The number of nitrogens with one attached hydrogen (secondary N) is 1. The molecule has 0 saturated heterocycles. The molecule has 2 aromatic heterocycles. The number of aryl methyl sites for hydroxylation is 1. The van der Waals surface area contributed by atoms with Crippen molar-refractivity contribution in [3.63, 3.8) is 0 Å². The summed E-state index contributed by atoms with van der Waals surface area (Å²) >= 11 is 5.99. The van der Waals surface area contributed by atoms with Gasteiger partial charge in [-0.1, -0.05) is 18.5 Å².